The van der Waals surface area contributed by atoms with Gasteiger partial charge in [-0.05, 0) is 17.7 Å². The molecule has 0 spiro atoms. The van der Waals surface area contributed by atoms with Crippen LogP contribution in [-0.4, -0.2) is 17.0 Å². The van der Waals surface area contributed by atoms with Crippen LogP contribution in [0.25, 0.3) is 0 Å². The van der Waals surface area contributed by atoms with E-state index in [2.05, 4.69) is 0 Å². The highest BCUT2D eigenvalue weighted by Gasteiger charge is 2.31. The number of carbonyl (C=O) groups is 2. The first-order valence-electron chi connectivity index (χ1n) is 7.39. The van der Waals surface area contributed by atoms with Gasteiger partial charge in [-0.3, -0.25) is 0 Å². The van der Waals surface area contributed by atoms with Gasteiger partial charge in [0.15, 0.2) is 0 Å². The third-order valence-corrected chi connectivity index (χ3v) is 3.49. The number of hydrogen-bond acceptors (Lipinski definition) is 3. The maximum absolute atomic E-state index is 12.5. The molecule has 0 unspecified atom stereocenters. The van der Waals surface area contributed by atoms with Crippen LogP contribution in [-0.2, 0) is 4.74 Å². The molecule has 2 aromatic rings. The quantitative estimate of drug-likeness (QED) is 0.854. The zero-order chi connectivity index (χ0) is 17.0. The van der Waals surface area contributed by atoms with Gasteiger partial charge >= 0.3 is 11.9 Å². The monoisotopic (exact) mass is 312 g/mol. The molecule has 0 aliphatic heterocycles. The van der Waals surface area contributed by atoms with E-state index in [0.717, 1.165) is 5.56 Å². The fourth-order valence-electron chi connectivity index (χ4n) is 2.39. The summed E-state index contributed by atoms with van der Waals surface area (Å²) in [5, 5.41) is 9.22. The van der Waals surface area contributed by atoms with Crippen LogP contribution in [0.15, 0.2) is 54.6 Å². The van der Waals surface area contributed by atoms with Gasteiger partial charge in [0.25, 0.3) is 0 Å². The minimum absolute atomic E-state index is 0.0572. The van der Waals surface area contributed by atoms with Gasteiger partial charge in [0, 0.05) is 5.41 Å². The first-order valence-corrected chi connectivity index (χ1v) is 7.39. The van der Waals surface area contributed by atoms with Crippen LogP contribution in [0.5, 0.6) is 0 Å². The highest BCUT2D eigenvalue weighted by molar-refractivity contribution is 6.02. The van der Waals surface area contributed by atoms with Crippen molar-refractivity contribution in [3.8, 4) is 0 Å². The molecule has 0 amide bonds. The van der Waals surface area contributed by atoms with Crippen molar-refractivity contribution < 1.29 is 19.4 Å². The lowest BCUT2D eigenvalue weighted by atomic mass is 9.84. The third-order valence-electron chi connectivity index (χ3n) is 3.49. The number of esters is 1. The Morgan fingerprint density at radius 2 is 1.43 bits per heavy atom. The van der Waals surface area contributed by atoms with E-state index in [-0.39, 0.29) is 16.5 Å². The second-order valence-corrected chi connectivity index (χ2v) is 6.41. The largest absolute Gasteiger partial charge is 0.478 e. The molecule has 1 N–H and O–H groups in total. The summed E-state index contributed by atoms with van der Waals surface area (Å²) in [7, 11) is 0. The molecule has 0 saturated heterocycles. The van der Waals surface area contributed by atoms with Gasteiger partial charge in [0.05, 0.1) is 11.1 Å². The number of rotatable bonds is 4. The average Bonchev–Trinajstić information content (AvgIpc) is 2.52. The summed E-state index contributed by atoms with van der Waals surface area (Å²) in [5.41, 5.74) is 0.555. The molecule has 23 heavy (non-hydrogen) atoms. The number of carboxylic acid groups (broad SMARTS) is 1. The lowest BCUT2D eigenvalue weighted by Gasteiger charge is -2.30. The molecule has 0 aliphatic rings. The molecule has 0 saturated carbocycles. The maximum atomic E-state index is 12.5. The van der Waals surface area contributed by atoms with Gasteiger partial charge in [-0.15, -0.1) is 0 Å². The topological polar surface area (TPSA) is 63.6 Å². The summed E-state index contributed by atoms with van der Waals surface area (Å²) in [6.07, 6.45) is -0.474. The van der Waals surface area contributed by atoms with Crippen LogP contribution in [0.2, 0.25) is 0 Å². The van der Waals surface area contributed by atoms with Crippen LogP contribution in [0.4, 0.5) is 0 Å². The van der Waals surface area contributed by atoms with Crippen LogP contribution >= 0.6 is 0 Å². The fourth-order valence-corrected chi connectivity index (χ4v) is 2.39. The zero-order valence-electron chi connectivity index (χ0n) is 13.4. The summed E-state index contributed by atoms with van der Waals surface area (Å²) >= 11 is 0. The fraction of sp³-hybridized carbons (Fsp3) is 0.263. The molecule has 0 bridgehead atoms. The Hall–Kier alpha value is -2.62. The van der Waals surface area contributed by atoms with E-state index in [0.29, 0.717) is 0 Å². The molecule has 4 nitrogen and oxygen atoms in total. The maximum Gasteiger partial charge on any atom is 0.339 e. The van der Waals surface area contributed by atoms with Crippen LogP contribution in [0.1, 0.15) is 53.2 Å². The van der Waals surface area contributed by atoms with Crippen molar-refractivity contribution in [2.24, 2.45) is 5.41 Å². The number of carbonyl (C=O) groups excluding carboxylic acids is 1. The van der Waals surface area contributed by atoms with Crippen molar-refractivity contribution in [1.29, 1.82) is 0 Å². The number of aromatic carboxylic acids is 1. The van der Waals surface area contributed by atoms with Gasteiger partial charge in [0.1, 0.15) is 6.10 Å². The van der Waals surface area contributed by atoms with Crippen molar-refractivity contribution in [3.05, 3.63) is 71.3 Å². The highest BCUT2D eigenvalue weighted by Crippen LogP contribution is 2.36. The van der Waals surface area contributed by atoms with Crippen molar-refractivity contribution in [3.63, 3.8) is 0 Å². The smallest absolute Gasteiger partial charge is 0.339 e. The molecule has 0 aliphatic carbocycles. The SMILES string of the molecule is CC(C)(C)[C@H](OC(=O)c1ccccc1C(=O)O)c1ccccc1. The van der Waals surface area contributed by atoms with Crippen LogP contribution in [0.3, 0.4) is 0 Å². The van der Waals surface area contributed by atoms with E-state index in [4.69, 9.17) is 4.74 Å². The Morgan fingerprint density at radius 3 is 1.96 bits per heavy atom. The number of ether oxygens (including phenoxy) is 1. The molecule has 0 fully saturated rings. The predicted octanol–water partition coefficient (Wildman–Crippen LogP) is 4.33. The number of hydrogen-bond donors (Lipinski definition) is 1. The molecule has 4 heteroatoms. The van der Waals surface area contributed by atoms with Gasteiger partial charge < -0.3 is 9.84 Å². The van der Waals surface area contributed by atoms with Gasteiger partial charge in [0.2, 0.25) is 0 Å². The molecule has 0 heterocycles. The van der Waals surface area contributed by atoms with E-state index in [9.17, 15) is 14.7 Å². The Morgan fingerprint density at radius 1 is 0.913 bits per heavy atom. The molecule has 0 aromatic heterocycles. The molecular weight excluding hydrogens is 292 g/mol. The second-order valence-electron chi connectivity index (χ2n) is 6.41. The Balaban J connectivity index is 2.35. The van der Waals surface area contributed by atoms with E-state index in [1.165, 1.54) is 12.1 Å². The van der Waals surface area contributed by atoms with E-state index < -0.39 is 18.0 Å². The minimum atomic E-state index is -1.15. The summed E-state index contributed by atoms with van der Waals surface area (Å²) < 4.78 is 5.68. The average molecular weight is 312 g/mol. The molecule has 2 aromatic carbocycles. The first kappa shape index (κ1) is 16.7. The van der Waals surface area contributed by atoms with Crippen LogP contribution in [0, 0.1) is 5.41 Å². The number of carboxylic acids is 1. The van der Waals surface area contributed by atoms with Crippen LogP contribution < -0.4 is 0 Å². The minimum Gasteiger partial charge on any atom is -0.478 e. The lowest BCUT2D eigenvalue weighted by Crippen LogP contribution is -2.25. The molecule has 0 radical (unpaired) electrons. The van der Waals surface area contributed by atoms with Gasteiger partial charge in [-0.2, -0.15) is 0 Å². The summed E-state index contributed by atoms with van der Waals surface area (Å²) in [4.78, 5) is 23.8. The van der Waals surface area contributed by atoms with Crippen molar-refractivity contribution in [1.82, 2.24) is 0 Å². The Kier molecular flexibility index (Phi) is 4.84. The van der Waals surface area contributed by atoms with Crippen molar-refractivity contribution in [2.75, 3.05) is 0 Å². The van der Waals surface area contributed by atoms with Crippen molar-refractivity contribution >= 4 is 11.9 Å². The number of benzene rings is 2. The zero-order valence-corrected chi connectivity index (χ0v) is 13.4. The highest BCUT2D eigenvalue weighted by atomic mass is 16.5. The molecule has 2 rings (SSSR count). The lowest BCUT2D eigenvalue weighted by molar-refractivity contribution is -0.00417. The summed E-state index contributed by atoms with van der Waals surface area (Å²) in [6, 6.07) is 15.5. The normalized spacial score (nSPS) is 12.5. The molecule has 1 atom stereocenters. The van der Waals surface area contributed by atoms with Crippen molar-refractivity contribution in [2.45, 2.75) is 26.9 Å². The summed E-state index contributed by atoms with van der Waals surface area (Å²) in [5.74, 6) is -1.78. The van der Waals surface area contributed by atoms with E-state index >= 15 is 0 Å². The molecular formula is C19H20O4. The third kappa shape index (κ3) is 3.97. The van der Waals surface area contributed by atoms with Gasteiger partial charge in [-0.1, -0.05) is 63.2 Å². The standard InChI is InChI=1S/C19H20O4/c1-19(2,3)16(13-9-5-4-6-10-13)23-18(22)15-12-8-7-11-14(15)17(20)21/h4-12,16H,1-3H3,(H,20,21)/t16-/m1/s1. The van der Waals surface area contributed by atoms with Gasteiger partial charge in [-0.25, -0.2) is 9.59 Å². The summed E-state index contributed by atoms with van der Waals surface area (Å²) in [6.45, 7) is 5.92. The second kappa shape index (κ2) is 6.65. The Labute approximate surface area is 135 Å². The first-order chi connectivity index (χ1) is 10.8. The predicted molar refractivity (Wildman–Crippen MR) is 87.5 cm³/mol. The Bertz CT molecular complexity index is 699. The molecule has 120 valence electrons. The van der Waals surface area contributed by atoms with E-state index in [1.54, 1.807) is 12.1 Å². The van der Waals surface area contributed by atoms with E-state index in [1.807, 2.05) is 51.1 Å².